The summed E-state index contributed by atoms with van der Waals surface area (Å²) >= 11 is 0. The third kappa shape index (κ3) is 3.27. The van der Waals surface area contributed by atoms with Crippen LogP contribution in [-0.2, 0) is 11.2 Å². The molecule has 1 atom stereocenters. The molecule has 1 amide bonds. The molecule has 1 saturated heterocycles. The highest BCUT2D eigenvalue weighted by atomic mass is 16.5. The van der Waals surface area contributed by atoms with Crippen molar-refractivity contribution in [1.29, 1.82) is 0 Å². The van der Waals surface area contributed by atoms with Gasteiger partial charge in [-0.05, 0) is 50.4 Å². The molecule has 3 fully saturated rings. The Morgan fingerprint density at radius 2 is 2.05 bits per heavy atom. The maximum absolute atomic E-state index is 12.2. The van der Waals surface area contributed by atoms with Gasteiger partial charge in [0.15, 0.2) is 5.82 Å². The number of carbonyl (C=O) groups excluding carboxylic acids is 1. The summed E-state index contributed by atoms with van der Waals surface area (Å²) in [6, 6.07) is 0. The Kier molecular flexibility index (Phi) is 3.43. The summed E-state index contributed by atoms with van der Waals surface area (Å²) in [6.07, 6.45) is 8.74. The topological polar surface area (TPSA) is 59.2 Å². The Labute approximate surface area is 125 Å². The number of carbonyl (C=O) groups is 1. The first-order valence-corrected chi connectivity index (χ1v) is 8.38. The minimum atomic E-state index is 0.353. The fourth-order valence-corrected chi connectivity index (χ4v) is 3.26. The van der Waals surface area contributed by atoms with Crippen LogP contribution in [0.5, 0.6) is 0 Å². The second-order valence-electron chi connectivity index (χ2n) is 7.02. The molecular formula is C16H23N3O2. The third-order valence-corrected chi connectivity index (χ3v) is 4.92. The molecule has 2 saturated carbocycles. The van der Waals surface area contributed by atoms with Crippen molar-refractivity contribution in [2.24, 2.45) is 11.8 Å². The molecule has 1 aromatic heterocycles. The number of likely N-dealkylation sites (tertiary alicyclic amines) is 1. The molecule has 3 aliphatic rings. The van der Waals surface area contributed by atoms with E-state index in [9.17, 15) is 4.79 Å². The number of amides is 1. The normalized spacial score (nSPS) is 26.1. The van der Waals surface area contributed by atoms with Crippen LogP contribution in [0.3, 0.4) is 0 Å². The predicted molar refractivity (Wildman–Crippen MR) is 76.6 cm³/mol. The molecule has 0 radical (unpaired) electrons. The molecule has 4 rings (SSSR count). The van der Waals surface area contributed by atoms with Crippen LogP contribution in [0.4, 0.5) is 0 Å². The summed E-state index contributed by atoms with van der Waals surface area (Å²) in [6.45, 7) is 1.80. The van der Waals surface area contributed by atoms with E-state index in [-0.39, 0.29) is 0 Å². The van der Waals surface area contributed by atoms with Crippen LogP contribution in [0.15, 0.2) is 4.52 Å². The summed E-state index contributed by atoms with van der Waals surface area (Å²) < 4.78 is 5.37. The highest BCUT2D eigenvalue weighted by Crippen LogP contribution is 2.38. The van der Waals surface area contributed by atoms with Gasteiger partial charge in [-0.3, -0.25) is 4.79 Å². The number of hydrogen-bond acceptors (Lipinski definition) is 4. The van der Waals surface area contributed by atoms with E-state index in [2.05, 4.69) is 15.0 Å². The van der Waals surface area contributed by atoms with Gasteiger partial charge in [-0.1, -0.05) is 5.16 Å². The zero-order valence-corrected chi connectivity index (χ0v) is 12.5. The average Bonchev–Trinajstić information content (AvgIpc) is 3.41. The number of rotatable bonds is 5. The van der Waals surface area contributed by atoms with Crippen LogP contribution in [0.2, 0.25) is 0 Å². The maximum atomic E-state index is 12.2. The van der Waals surface area contributed by atoms with E-state index >= 15 is 0 Å². The highest BCUT2D eigenvalue weighted by Gasteiger charge is 2.31. The minimum absolute atomic E-state index is 0.353. The van der Waals surface area contributed by atoms with Crippen molar-refractivity contribution in [3.63, 3.8) is 0 Å². The Hall–Kier alpha value is -1.39. The zero-order chi connectivity index (χ0) is 14.2. The molecule has 0 unspecified atom stereocenters. The van der Waals surface area contributed by atoms with E-state index < -0.39 is 0 Å². The van der Waals surface area contributed by atoms with Crippen LogP contribution in [0.1, 0.15) is 62.6 Å². The second-order valence-corrected chi connectivity index (χ2v) is 7.02. The zero-order valence-electron chi connectivity index (χ0n) is 12.5. The van der Waals surface area contributed by atoms with Crippen molar-refractivity contribution in [2.45, 2.75) is 57.3 Å². The fraction of sp³-hybridized carbons (Fsp3) is 0.812. The van der Waals surface area contributed by atoms with Gasteiger partial charge in [0, 0.05) is 31.8 Å². The van der Waals surface area contributed by atoms with E-state index in [0.717, 1.165) is 50.5 Å². The first kappa shape index (κ1) is 13.3. The molecule has 0 spiro atoms. The molecule has 21 heavy (non-hydrogen) atoms. The SMILES string of the molecule is O=C(CC1CC1)N1CCC[C@@H](Cc2nc(C3CC3)no2)C1. The van der Waals surface area contributed by atoms with E-state index in [1.54, 1.807) is 0 Å². The fourth-order valence-electron chi connectivity index (χ4n) is 3.26. The molecule has 2 aliphatic carbocycles. The Bertz CT molecular complexity index is 519. The lowest BCUT2D eigenvalue weighted by molar-refractivity contribution is -0.133. The lowest BCUT2D eigenvalue weighted by atomic mass is 9.94. The Morgan fingerprint density at radius 3 is 2.81 bits per heavy atom. The van der Waals surface area contributed by atoms with E-state index in [0.29, 0.717) is 23.7 Å². The number of nitrogens with zero attached hydrogens (tertiary/aromatic N) is 3. The Morgan fingerprint density at radius 1 is 1.19 bits per heavy atom. The first-order valence-electron chi connectivity index (χ1n) is 8.38. The summed E-state index contributed by atoms with van der Waals surface area (Å²) in [5, 5.41) is 4.08. The molecule has 1 aliphatic heterocycles. The molecule has 0 aromatic carbocycles. The van der Waals surface area contributed by atoms with Gasteiger partial charge >= 0.3 is 0 Å². The van der Waals surface area contributed by atoms with Gasteiger partial charge in [-0.25, -0.2) is 0 Å². The molecule has 114 valence electrons. The first-order chi connectivity index (χ1) is 10.3. The van der Waals surface area contributed by atoms with E-state index in [1.807, 2.05) is 0 Å². The molecule has 2 heterocycles. The van der Waals surface area contributed by atoms with Crippen LogP contribution < -0.4 is 0 Å². The lowest BCUT2D eigenvalue weighted by Gasteiger charge is -2.32. The van der Waals surface area contributed by atoms with Crippen molar-refractivity contribution in [1.82, 2.24) is 15.0 Å². The molecule has 1 aromatic rings. The van der Waals surface area contributed by atoms with Crippen LogP contribution in [-0.4, -0.2) is 34.0 Å². The van der Waals surface area contributed by atoms with E-state index in [4.69, 9.17) is 4.52 Å². The number of piperidine rings is 1. The van der Waals surface area contributed by atoms with Crippen LogP contribution >= 0.6 is 0 Å². The van der Waals surface area contributed by atoms with Crippen molar-refractivity contribution < 1.29 is 9.32 Å². The average molecular weight is 289 g/mol. The predicted octanol–water partition coefficient (Wildman–Crippen LogP) is 2.53. The standard InChI is InChI=1S/C16H23N3O2/c20-15(9-11-3-4-11)19-7-1-2-12(10-19)8-14-17-16(18-21-14)13-5-6-13/h11-13H,1-10H2/t12-/m0/s1. The second kappa shape index (κ2) is 5.43. The number of aromatic nitrogens is 2. The lowest BCUT2D eigenvalue weighted by Crippen LogP contribution is -2.40. The van der Waals surface area contributed by atoms with E-state index in [1.165, 1.54) is 25.7 Å². The maximum Gasteiger partial charge on any atom is 0.226 e. The monoisotopic (exact) mass is 289 g/mol. The van der Waals surface area contributed by atoms with Crippen LogP contribution in [0.25, 0.3) is 0 Å². The summed E-state index contributed by atoms with van der Waals surface area (Å²) in [7, 11) is 0. The smallest absolute Gasteiger partial charge is 0.226 e. The number of hydrogen-bond donors (Lipinski definition) is 0. The van der Waals surface area contributed by atoms with Gasteiger partial charge in [0.25, 0.3) is 0 Å². The van der Waals surface area contributed by atoms with Gasteiger partial charge in [-0.15, -0.1) is 0 Å². The molecule has 0 N–H and O–H groups in total. The minimum Gasteiger partial charge on any atom is -0.342 e. The Balaban J connectivity index is 1.32. The molecular weight excluding hydrogens is 266 g/mol. The molecule has 5 nitrogen and oxygen atoms in total. The largest absolute Gasteiger partial charge is 0.342 e. The van der Waals surface area contributed by atoms with Crippen molar-refractivity contribution in [2.75, 3.05) is 13.1 Å². The summed E-state index contributed by atoms with van der Waals surface area (Å²) in [4.78, 5) is 18.8. The van der Waals surface area contributed by atoms with Crippen LogP contribution in [0, 0.1) is 11.8 Å². The van der Waals surface area contributed by atoms with Gasteiger partial charge < -0.3 is 9.42 Å². The van der Waals surface area contributed by atoms with Gasteiger partial charge in [-0.2, -0.15) is 4.98 Å². The van der Waals surface area contributed by atoms with Crippen molar-refractivity contribution in [3.05, 3.63) is 11.7 Å². The van der Waals surface area contributed by atoms with Gasteiger partial charge in [0.1, 0.15) is 0 Å². The van der Waals surface area contributed by atoms with Gasteiger partial charge in [0.05, 0.1) is 0 Å². The van der Waals surface area contributed by atoms with Crippen molar-refractivity contribution in [3.8, 4) is 0 Å². The van der Waals surface area contributed by atoms with Crippen molar-refractivity contribution >= 4 is 5.91 Å². The third-order valence-electron chi connectivity index (χ3n) is 4.92. The highest BCUT2D eigenvalue weighted by molar-refractivity contribution is 5.76. The molecule has 5 heteroatoms. The quantitative estimate of drug-likeness (QED) is 0.835. The summed E-state index contributed by atoms with van der Waals surface area (Å²) in [5.74, 6) is 3.71. The van der Waals surface area contributed by atoms with Gasteiger partial charge in [0.2, 0.25) is 11.8 Å². The summed E-state index contributed by atoms with van der Waals surface area (Å²) in [5.41, 5.74) is 0. The molecule has 0 bridgehead atoms.